The van der Waals surface area contributed by atoms with Gasteiger partial charge in [-0.2, -0.15) is 9.97 Å². The van der Waals surface area contributed by atoms with Crippen LogP contribution in [0.2, 0.25) is 0 Å². The molecule has 0 fully saturated rings. The summed E-state index contributed by atoms with van der Waals surface area (Å²) in [5.74, 6) is -1.48. The summed E-state index contributed by atoms with van der Waals surface area (Å²) in [6.07, 6.45) is 0. The molecule has 12 rings (SSSR count). The highest BCUT2D eigenvalue weighted by atomic mass is 16.3. The fourth-order valence-electron chi connectivity index (χ4n) is 7.48. The number of hydrogen-bond donors (Lipinski definition) is 0. The van der Waals surface area contributed by atoms with Gasteiger partial charge in [0.2, 0.25) is 5.95 Å². The number of fused-ring (bicyclic) bond motifs is 10. The van der Waals surface area contributed by atoms with Gasteiger partial charge in [0.15, 0.2) is 11.6 Å². The smallest absolute Gasteiger partial charge is 0.238 e. The number of para-hydroxylation sites is 3. The Morgan fingerprint density at radius 1 is 0.421 bits per heavy atom. The van der Waals surface area contributed by atoms with E-state index in [9.17, 15) is 4.11 Å². The Labute approximate surface area is 356 Å². The molecule has 4 heterocycles. The van der Waals surface area contributed by atoms with E-state index in [4.69, 9.17) is 39.1 Å². The summed E-state index contributed by atoms with van der Waals surface area (Å²) in [7, 11) is 0. The van der Waals surface area contributed by atoms with Crippen LogP contribution >= 0.6 is 0 Å². The molecule has 0 bridgehead atoms. The van der Waals surface area contributed by atoms with Gasteiger partial charge >= 0.3 is 0 Å². The highest BCUT2D eigenvalue weighted by Crippen LogP contribution is 2.45. The first kappa shape index (κ1) is 17.3. The zero-order valence-electron chi connectivity index (χ0n) is 49.9. The summed E-state index contributed by atoms with van der Waals surface area (Å²) in [6, 6.07) is 2.17. The van der Waals surface area contributed by atoms with Crippen LogP contribution in [0.25, 0.3) is 111 Å². The highest BCUT2D eigenvalue weighted by Gasteiger charge is 2.25. The lowest BCUT2D eigenvalue weighted by atomic mass is 10.0. The Balaban J connectivity index is 1.34. The minimum Gasteiger partial charge on any atom is -0.456 e. The Morgan fingerprint density at radius 2 is 0.947 bits per heavy atom. The molecule has 0 radical (unpaired) electrons. The molecule has 57 heavy (non-hydrogen) atoms. The number of hydrogen-bond acceptors (Lipinski definition) is 4. The van der Waals surface area contributed by atoms with Crippen LogP contribution < -0.4 is 0 Å². The van der Waals surface area contributed by atoms with Crippen molar-refractivity contribution in [2.75, 3.05) is 0 Å². The van der Waals surface area contributed by atoms with Crippen LogP contribution in [-0.2, 0) is 0 Å². The van der Waals surface area contributed by atoms with Gasteiger partial charge in [0.05, 0.1) is 61.9 Å². The third-order valence-corrected chi connectivity index (χ3v) is 9.77. The van der Waals surface area contributed by atoms with Gasteiger partial charge in [0.1, 0.15) is 11.2 Å². The fourth-order valence-corrected chi connectivity index (χ4v) is 7.48. The van der Waals surface area contributed by atoms with Crippen LogP contribution in [-0.4, -0.2) is 24.1 Å². The molecule has 0 aliphatic carbocycles. The molecule has 12 aromatic rings. The molecular formula is C51H31N5O. The number of furan rings is 1. The molecule has 6 nitrogen and oxygen atoms in total. The van der Waals surface area contributed by atoms with Crippen molar-refractivity contribution in [1.82, 2.24) is 24.1 Å². The average molecular weight is 751 g/mol. The molecule has 266 valence electrons. The predicted octanol–water partition coefficient (Wildman–Crippen LogP) is 13.0. The van der Waals surface area contributed by atoms with Gasteiger partial charge in [-0.3, -0.25) is 4.57 Å². The lowest BCUT2D eigenvalue weighted by Crippen LogP contribution is -2.07. The molecule has 6 heteroatoms. The minimum atomic E-state index is -0.776. The van der Waals surface area contributed by atoms with E-state index in [1.807, 2.05) is 0 Å². The average Bonchev–Trinajstić information content (AvgIpc) is 4.32. The van der Waals surface area contributed by atoms with Crippen molar-refractivity contribution in [1.29, 1.82) is 0 Å². The maximum atomic E-state index is 10.3. The zero-order valence-corrected chi connectivity index (χ0v) is 28.9. The molecule has 0 amide bonds. The summed E-state index contributed by atoms with van der Waals surface area (Å²) < 4.78 is 196. The van der Waals surface area contributed by atoms with E-state index in [1.165, 1.54) is 4.57 Å². The predicted molar refractivity (Wildman–Crippen MR) is 232 cm³/mol. The first-order valence-electron chi connectivity index (χ1n) is 27.9. The lowest BCUT2D eigenvalue weighted by Gasteiger charge is -2.15. The molecular weight excluding hydrogens is 699 g/mol. The van der Waals surface area contributed by atoms with Crippen molar-refractivity contribution in [2.45, 2.75) is 0 Å². The summed E-state index contributed by atoms with van der Waals surface area (Å²) in [4.78, 5) is 14.1. The summed E-state index contributed by atoms with van der Waals surface area (Å²) in [5, 5.41) is 1.53. The van der Waals surface area contributed by atoms with Crippen LogP contribution in [0.5, 0.6) is 0 Å². The number of aromatic nitrogens is 5. The Kier molecular flexibility index (Phi) is 3.75. The van der Waals surface area contributed by atoms with E-state index >= 15 is 0 Å². The molecule has 0 saturated carbocycles. The van der Waals surface area contributed by atoms with E-state index in [2.05, 4.69) is 4.98 Å². The van der Waals surface area contributed by atoms with Crippen molar-refractivity contribution >= 4 is 65.6 Å². The molecule has 0 aliphatic rings. The van der Waals surface area contributed by atoms with Gasteiger partial charge in [0.25, 0.3) is 0 Å². The Hall–Kier alpha value is -7.83. The van der Waals surface area contributed by atoms with E-state index < -0.39 is 172 Å². The Morgan fingerprint density at radius 3 is 1.58 bits per heavy atom. The second-order valence-electron chi connectivity index (χ2n) is 12.8. The van der Waals surface area contributed by atoms with E-state index in [0.29, 0.717) is 32.6 Å². The van der Waals surface area contributed by atoms with Gasteiger partial charge in [-0.1, -0.05) is 157 Å². The van der Waals surface area contributed by atoms with Crippen LogP contribution in [0.1, 0.15) is 28.8 Å². The molecule has 0 aliphatic heterocycles. The zero-order chi connectivity index (χ0) is 55.7. The van der Waals surface area contributed by atoms with Crippen molar-refractivity contribution in [3.63, 3.8) is 0 Å². The van der Waals surface area contributed by atoms with Gasteiger partial charge in [0, 0.05) is 38.1 Å². The first-order chi connectivity index (χ1) is 37.0. The maximum absolute atomic E-state index is 10.3. The molecule has 8 aromatic carbocycles. The van der Waals surface area contributed by atoms with Crippen molar-refractivity contribution < 1.29 is 33.2 Å². The fraction of sp³-hybridized carbons (Fsp3) is 0. The molecule has 0 atom stereocenters. The van der Waals surface area contributed by atoms with Crippen LogP contribution in [0.3, 0.4) is 0 Å². The van der Waals surface area contributed by atoms with Crippen molar-refractivity contribution in [3.8, 4) is 45.5 Å². The van der Waals surface area contributed by atoms with E-state index in [0.717, 1.165) is 0 Å². The topological polar surface area (TPSA) is 61.7 Å². The largest absolute Gasteiger partial charge is 0.456 e. The quantitative estimate of drug-likeness (QED) is 0.176. The number of nitrogens with zero attached hydrogens (tertiary/aromatic N) is 5. The maximum Gasteiger partial charge on any atom is 0.238 e. The van der Waals surface area contributed by atoms with Crippen LogP contribution in [0.15, 0.2) is 192 Å². The lowest BCUT2D eigenvalue weighted by molar-refractivity contribution is 0.669. The summed E-state index contributed by atoms with van der Waals surface area (Å²) >= 11 is 0. The second-order valence-corrected chi connectivity index (χ2v) is 12.8. The molecule has 0 N–H and O–H groups in total. The van der Waals surface area contributed by atoms with Gasteiger partial charge in [-0.05, 0) is 41.4 Å². The monoisotopic (exact) mass is 750 g/mol. The normalized spacial score (nSPS) is 17.0. The first-order valence-corrected chi connectivity index (χ1v) is 17.4. The Bertz CT molecular complexity index is 4600. The minimum absolute atomic E-state index is 0.183. The molecule has 0 unspecified atom stereocenters. The number of benzene rings is 8. The molecule has 0 spiro atoms. The van der Waals surface area contributed by atoms with Crippen LogP contribution in [0.4, 0.5) is 0 Å². The second kappa shape index (κ2) is 12.3. The van der Waals surface area contributed by atoms with Gasteiger partial charge in [-0.15, -0.1) is 0 Å². The molecule has 0 saturated heterocycles. The third-order valence-electron chi connectivity index (χ3n) is 9.77. The van der Waals surface area contributed by atoms with Crippen LogP contribution in [0, 0.1) is 0 Å². The van der Waals surface area contributed by atoms with Gasteiger partial charge < -0.3 is 8.98 Å². The third kappa shape index (κ3) is 4.81. The number of rotatable bonds is 5. The van der Waals surface area contributed by atoms with Crippen molar-refractivity contribution in [2.24, 2.45) is 0 Å². The SMILES string of the molecule is [2H]c1c([2H])c([2H])c(-c2nc(-c3c([2H])c([2H])c([2H])c([2H])c3[2H])nc(-n3c4ccccc4c4ccc5c6ccccc6n(-c6c([2H])c(-c7c([2H])c([2H])c([2H])c([2H])c7[2H])c([2H])c7oc8c([2H])c([2H])c([2H])c([2H])c8c67)c5c43)n2)c([2H])c1[2H]. The summed E-state index contributed by atoms with van der Waals surface area (Å²) in [5.41, 5.74) is -2.07. The highest BCUT2D eigenvalue weighted by molar-refractivity contribution is 6.25. The van der Waals surface area contributed by atoms with E-state index in [1.54, 1.807) is 65.2 Å². The van der Waals surface area contributed by atoms with Crippen molar-refractivity contribution in [3.05, 3.63) is 188 Å². The van der Waals surface area contributed by atoms with E-state index in [-0.39, 0.29) is 33.4 Å². The molecule has 4 aromatic heterocycles. The summed E-state index contributed by atoms with van der Waals surface area (Å²) in [6.45, 7) is 0. The standard InChI is InChI=1S/C51H31N5O/c1-4-16-32(17-5-1)35-30-43(46-40-24-12-15-27-44(40)57-45(46)31-35)55-41-25-13-10-22-36(41)38-28-29-39-37-23-11-14-26-42(37)56(48(39)47(38)55)51-53-49(33-18-6-2-7-19-33)52-50(54-51)34-20-8-3-9-21-34/h1-31H/i1D,2D,3D,4D,5D,6D,7D,8D,9D,12D,15D,16D,17D,18D,19D,20D,21D,24D,27D,30D,31D. The van der Waals surface area contributed by atoms with Gasteiger partial charge in [-0.25, -0.2) is 4.98 Å².